The Kier molecular flexibility index (Phi) is 12.9. The summed E-state index contributed by atoms with van der Waals surface area (Å²) in [6, 6.07) is 0. The Morgan fingerprint density at radius 3 is 1.74 bits per heavy atom. The molecule has 0 saturated carbocycles. The van der Waals surface area contributed by atoms with Crippen molar-refractivity contribution < 1.29 is 9.22 Å². The van der Waals surface area contributed by atoms with Crippen LogP contribution in [0.4, 0.5) is 0 Å². The summed E-state index contributed by atoms with van der Waals surface area (Å²) in [5, 5.41) is 0. The van der Waals surface area contributed by atoms with Gasteiger partial charge in [-0.3, -0.25) is 0 Å². The summed E-state index contributed by atoms with van der Waals surface area (Å²) in [5.41, 5.74) is 0. The molecule has 0 saturated heterocycles. The van der Waals surface area contributed by atoms with E-state index in [1.54, 1.807) is 0 Å². The molecule has 2 nitrogen and oxygen atoms in total. The molecule has 0 aliphatic carbocycles. The van der Waals surface area contributed by atoms with E-state index in [9.17, 15) is 0 Å². The summed E-state index contributed by atoms with van der Waals surface area (Å²) in [6.45, 7) is 12.3. The zero-order valence-corrected chi connectivity index (χ0v) is 14.0. The molecule has 0 unspecified atom stereocenters. The highest BCUT2D eigenvalue weighted by Crippen LogP contribution is 2.08. The van der Waals surface area contributed by atoms with Gasteiger partial charge in [-0.15, -0.1) is 0 Å². The topological polar surface area (TPSA) is 9.23 Å². The first-order valence-electron chi connectivity index (χ1n) is 8.59. The Labute approximate surface area is 122 Å². The van der Waals surface area contributed by atoms with Crippen LogP contribution in [0.25, 0.3) is 0 Å². The predicted octanol–water partition coefficient (Wildman–Crippen LogP) is 4.63. The Morgan fingerprint density at radius 1 is 0.684 bits per heavy atom. The monoisotopic (exact) mass is 272 g/mol. The third-order valence-corrected chi connectivity index (χ3v) is 4.44. The van der Waals surface area contributed by atoms with Gasteiger partial charge in [0, 0.05) is 6.61 Å². The quantitative estimate of drug-likeness (QED) is 0.331. The molecular weight excluding hydrogens is 234 g/mol. The van der Waals surface area contributed by atoms with Crippen LogP contribution in [0.2, 0.25) is 0 Å². The van der Waals surface area contributed by atoms with E-state index in [-0.39, 0.29) is 0 Å². The van der Waals surface area contributed by atoms with Gasteiger partial charge in [-0.05, 0) is 20.3 Å². The van der Waals surface area contributed by atoms with E-state index >= 15 is 0 Å². The Bertz CT molecular complexity index is 178. The highest BCUT2D eigenvalue weighted by molar-refractivity contribution is 4.46. The number of quaternary nitrogens is 1. The van der Waals surface area contributed by atoms with E-state index in [1.807, 2.05) is 0 Å². The van der Waals surface area contributed by atoms with Crippen molar-refractivity contribution >= 4 is 0 Å². The summed E-state index contributed by atoms with van der Waals surface area (Å²) in [7, 11) is 2.32. The van der Waals surface area contributed by atoms with Gasteiger partial charge in [0.05, 0.1) is 26.7 Å². The molecule has 0 aliphatic rings. The van der Waals surface area contributed by atoms with Crippen LogP contribution in [0.15, 0.2) is 0 Å². The number of hydrogen-bond acceptors (Lipinski definition) is 1. The molecule has 19 heavy (non-hydrogen) atoms. The Hall–Kier alpha value is -0.0800. The number of rotatable bonds is 14. The third-order valence-electron chi connectivity index (χ3n) is 4.44. The second kappa shape index (κ2) is 12.9. The van der Waals surface area contributed by atoms with E-state index in [0.717, 1.165) is 24.2 Å². The molecule has 0 radical (unpaired) electrons. The molecule has 0 aromatic carbocycles. The first kappa shape index (κ1) is 18.9. The average molecular weight is 272 g/mol. The fourth-order valence-corrected chi connectivity index (χ4v) is 2.26. The summed E-state index contributed by atoms with van der Waals surface area (Å²) in [5.74, 6) is 0. The van der Waals surface area contributed by atoms with Crippen LogP contribution in [0, 0.1) is 0 Å². The van der Waals surface area contributed by atoms with Crippen LogP contribution in [-0.4, -0.2) is 44.4 Å². The van der Waals surface area contributed by atoms with Crippen molar-refractivity contribution in [3.05, 3.63) is 0 Å². The largest absolute Gasteiger partial charge is 0.376 e. The zero-order chi connectivity index (χ0) is 14.4. The number of ether oxygens (including phenoxy) is 1. The van der Waals surface area contributed by atoms with Crippen LogP contribution in [0.5, 0.6) is 0 Å². The first-order valence-corrected chi connectivity index (χ1v) is 8.59. The predicted molar refractivity (Wildman–Crippen MR) is 85.6 cm³/mol. The maximum absolute atomic E-state index is 5.76. The van der Waals surface area contributed by atoms with Crippen LogP contribution >= 0.6 is 0 Å². The molecule has 0 amide bonds. The molecule has 116 valence electrons. The van der Waals surface area contributed by atoms with Gasteiger partial charge < -0.3 is 9.22 Å². The normalized spacial score (nSPS) is 12.0. The van der Waals surface area contributed by atoms with Crippen molar-refractivity contribution in [2.45, 2.75) is 72.1 Å². The molecule has 0 fully saturated rings. The van der Waals surface area contributed by atoms with Gasteiger partial charge in [-0.25, -0.2) is 0 Å². The van der Waals surface area contributed by atoms with Gasteiger partial charge in [0.25, 0.3) is 0 Å². The lowest BCUT2D eigenvalue weighted by atomic mass is 10.1. The fraction of sp³-hybridized carbons (Fsp3) is 1.00. The van der Waals surface area contributed by atoms with Crippen molar-refractivity contribution in [2.24, 2.45) is 0 Å². The first-order chi connectivity index (χ1) is 9.18. The van der Waals surface area contributed by atoms with E-state index in [2.05, 4.69) is 27.8 Å². The maximum atomic E-state index is 5.76. The number of hydrogen-bond donors (Lipinski definition) is 0. The van der Waals surface area contributed by atoms with E-state index < -0.39 is 0 Å². The zero-order valence-electron chi connectivity index (χ0n) is 14.0. The number of nitrogens with zero attached hydrogens (tertiary/aromatic N) is 1. The molecule has 0 spiro atoms. The molecular formula is C17H38NO+. The van der Waals surface area contributed by atoms with Gasteiger partial charge >= 0.3 is 0 Å². The van der Waals surface area contributed by atoms with Crippen molar-refractivity contribution in [2.75, 3.05) is 39.9 Å². The minimum Gasteiger partial charge on any atom is -0.376 e. The van der Waals surface area contributed by atoms with Crippen molar-refractivity contribution in [1.29, 1.82) is 0 Å². The smallest absolute Gasteiger partial charge is 0.102 e. The molecule has 2 heteroatoms. The summed E-state index contributed by atoms with van der Waals surface area (Å²) >= 11 is 0. The second-order valence-electron chi connectivity index (χ2n) is 6.06. The van der Waals surface area contributed by atoms with Gasteiger partial charge in [-0.1, -0.05) is 51.9 Å². The molecule has 0 aromatic heterocycles. The second-order valence-corrected chi connectivity index (χ2v) is 6.06. The van der Waals surface area contributed by atoms with Gasteiger partial charge in [0.15, 0.2) is 0 Å². The molecule has 0 bridgehead atoms. The molecule has 0 N–H and O–H groups in total. The van der Waals surface area contributed by atoms with Gasteiger partial charge in [0.1, 0.15) is 6.54 Å². The average Bonchev–Trinajstić information content (AvgIpc) is 2.44. The highest BCUT2D eigenvalue weighted by Gasteiger charge is 2.15. The molecule has 0 aliphatic heterocycles. The third kappa shape index (κ3) is 11.4. The standard InChI is InChI=1S/C17H38NO/c1-5-8-9-10-11-12-13-14-16-19-17-15-18(4,6-2)7-3/h5-17H2,1-4H3/q+1. The molecule has 0 rings (SSSR count). The van der Waals surface area contributed by atoms with Gasteiger partial charge in [0.2, 0.25) is 0 Å². The lowest BCUT2D eigenvalue weighted by Gasteiger charge is -2.31. The van der Waals surface area contributed by atoms with Crippen molar-refractivity contribution in [3.8, 4) is 0 Å². The molecule has 0 aromatic rings. The van der Waals surface area contributed by atoms with E-state index in [0.29, 0.717) is 0 Å². The molecule has 0 heterocycles. The lowest BCUT2D eigenvalue weighted by Crippen LogP contribution is -2.45. The van der Waals surface area contributed by atoms with Crippen LogP contribution in [-0.2, 0) is 4.74 Å². The Balaban J connectivity index is 3.19. The highest BCUT2D eigenvalue weighted by atomic mass is 16.5. The van der Waals surface area contributed by atoms with Crippen LogP contribution < -0.4 is 0 Å². The lowest BCUT2D eigenvalue weighted by molar-refractivity contribution is -0.906. The van der Waals surface area contributed by atoms with Crippen LogP contribution in [0.1, 0.15) is 72.1 Å². The van der Waals surface area contributed by atoms with E-state index in [1.165, 1.54) is 64.5 Å². The number of unbranched alkanes of at least 4 members (excludes halogenated alkanes) is 7. The SMILES string of the molecule is CCCCCCCCCCOCC[N+](C)(CC)CC. The minimum absolute atomic E-state index is 0.925. The van der Waals surface area contributed by atoms with E-state index in [4.69, 9.17) is 4.74 Å². The summed E-state index contributed by atoms with van der Waals surface area (Å²) in [6.07, 6.45) is 11.0. The number of likely N-dealkylation sites (N-methyl/N-ethyl adjacent to an activating group) is 1. The minimum atomic E-state index is 0.925. The maximum Gasteiger partial charge on any atom is 0.102 e. The van der Waals surface area contributed by atoms with Gasteiger partial charge in [-0.2, -0.15) is 0 Å². The summed E-state index contributed by atoms with van der Waals surface area (Å²) < 4.78 is 6.90. The van der Waals surface area contributed by atoms with Crippen LogP contribution in [0.3, 0.4) is 0 Å². The fourth-order valence-electron chi connectivity index (χ4n) is 2.26. The van der Waals surface area contributed by atoms with Crippen molar-refractivity contribution in [3.63, 3.8) is 0 Å². The summed E-state index contributed by atoms with van der Waals surface area (Å²) in [4.78, 5) is 0. The van der Waals surface area contributed by atoms with Crippen molar-refractivity contribution in [1.82, 2.24) is 0 Å². The Morgan fingerprint density at radius 2 is 1.21 bits per heavy atom. The molecule has 0 atom stereocenters.